The summed E-state index contributed by atoms with van der Waals surface area (Å²) in [6.07, 6.45) is 5.04. The van der Waals surface area contributed by atoms with Crippen LogP contribution in [0.3, 0.4) is 0 Å². The highest BCUT2D eigenvalue weighted by atomic mass is 19.1. The number of halogens is 3. The predicted molar refractivity (Wildman–Crippen MR) is 120 cm³/mol. The molecule has 1 N–H and O–H groups in total. The number of nitrogens with one attached hydrogen (secondary N) is 1. The standard InChI is InChI=1S/C23H22F3N7O2/c1-32-23(29-22(31-32)15-11-27-19(25)10-18(15)34-2)28-13-6-7-14(17(24)9-13)16-12-33(30-21(16)26)20-5-3-4-8-35-20/h6-7,9-12,20H,3-5,8H2,1-2H3,(H,28,29,31). The van der Waals surface area contributed by atoms with Gasteiger partial charge >= 0.3 is 0 Å². The van der Waals surface area contributed by atoms with Crippen molar-refractivity contribution in [2.45, 2.75) is 25.5 Å². The van der Waals surface area contributed by atoms with E-state index >= 15 is 0 Å². The summed E-state index contributed by atoms with van der Waals surface area (Å²) in [6.45, 7) is 0.588. The molecule has 0 saturated carbocycles. The summed E-state index contributed by atoms with van der Waals surface area (Å²) in [5, 5.41) is 11.2. The third kappa shape index (κ3) is 4.56. The van der Waals surface area contributed by atoms with Crippen LogP contribution in [0.15, 0.2) is 36.7 Å². The second-order valence-corrected chi connectivity index (χ2v) is 8.04. The van der Waals surface area contributed by atoms with Crippen LogP contribution in [-0.2, 0) is 11.8 Å². The highest BCUT2D eigenvalue weighted by Crippen LogP contribution is 2.32. The number of benzene rings is 1. The first-order chi connectivity index (χ1) is 16.9. The van der Waals surface area contributed by atoms with E-state index in [-0.39, 0.29) is 28.9 Å². The fourth-order valence-corrected chi connectivity index (χ4v) is 3.93. The number of aryl methyl sites for hydroxylation is 1. The van der Waals surface area contributed by atoms with E-state index in [0.29, 0.717) is 23.8 Å². The van der Waals surface area contributed by atoms with Crippen molar-refractivity contribution in [3.63, 3.8) is 0 Å². The summed E-state index contributed by atoms with van der Waals surface area (Å²) >= 11 is 0. The van der Waals surface area contributed by atoms with Crippen molar-refractivity contribution in [2.24, 2.45) is 7.05 Å². The molecule has 1 aromatic carbocycles. The number of ether oxygens (including phenoxy) is 2. The molecule has 1 atom stereocenters. The third-order valence-electron chi connectivity index (χ3n) is 5.71. The first-order valence-electron chi connectivity index (χ1n) is 11.0. The number of nitrogens with zero attached hydrogens (tertiary/aromatic N) is 6. The van der Waals surface area contributed by atoms with E-state index in [4.69, 9.17) is 9.47 Å². The molecule has 0 spiro atoms. The number of aromatic nitrogens is 6. The minimum absolute atomic E-state index is 0.0556. The molecule has 4 heterocycles. The van der Waals surface area contributed by atoms with Crippen molar-refractivity contribution in [2.75, 3.05) is 19.0 Å². The van der Waals surface area contributed by atoms with Crippen molar-refractivity contribution in [3.8, 4) is 28.3 Å². The summed E-state index contributed by atoms with van der Waals surface area (Å²) in [5.74, 6) is -1.32. The monoisotopic (exact) mass is 485 g/mol. The van der Waals surface area contributed by atoms with Gasteiger partial charge in [0.15, 0.2) is 5.82 Å². The molecule has 4 aromatic rings. The largest absolute Gasteiger partial charge is 0.496 e. The molecule has 12 heteroatoms. The maximum Gasteiger partial charge on any atom is 0.240 e. The summed E-state index contributed by atoms with van der Waals surface area (Å²) in [6, 6.07) is 5.43. The number of pyridine rings is 1. The number of anilines is 2. The Bertz CT molecular complexity index is 1370. The lowest BCUT2D eigenvalue weighted by Gasteiger charge is -2.22. The fourth-order valence-electron chi connectivity index (χ4n) is 3.93. The summed E-state index contributed by atoms with van der Waals surface area (Å²) in [7, 11) is 3.05. The van der Waals surface area contributed by atoms with Gasteiger partial charge in [-0.2, -0.15) is 13.8 Å². The average molecular weight is 485 g/mol. The molecule has 0 radical (unpaired) electrons. The Labute approximate surface area is 198 Å². The normalized spacial score (nSPS) is 15.9. The average Bonchev–Trinajstić information content (AvgIpc) is 3.42. The van der Waals surface area contributed by atoms with Gasteiger partial charge in [0, 0.05) is 43.4 Å². The Balaban J connectivity index is 1.38. The van der Waals surface area contributed by atoms with Crippen molar-refractivity contribution in [3.05, 3.63) is 54.4 Å². The van der Waals surface area contributed by atoms with Gasteiger partial charge in [0.2, 0.25) is 17.8 Å². The van der Waals surface area contributed by atoms with Crippen molar-refractivity contribution < 1.29 is 22.6 Å². The second kappa shape index (κ2) is 9.37. The molecule has 1 aliphatic heterocycles. The van der Waals surface area contributed by atoms with E-state index in [1.54, 1.807) is 13.1 Å². The van der Waals surface area contributed by atoms with E-state index < -0.39 is 17.7 Å². The molecule has 0 aliphatic carbocycles. The summed E-state index contributed by atoms with van der Waals surface area (Å²) in [5.41, 5.74) is 0.908. The van der Waals surface area contributed by atoms with Gasteiger partial charge in [-0.25, -0.2) is 18.7 Å². The number of rotatable bonds is 6. The van der Waals surface area contributed by atoms with Gasteiger partial charge in [0.1, 0.15) is 17.8 Å². The molecule has 5 rings (SSSR count). The number of methoxy groups -OCH3 is 1. The van der Waals surface area contributed by atoms with Gasteiger partial charge < -0.3 is 14.8 Å². The lowest BCUT2D eigenvalue weighted by molar-refractivity contribution is -0.0402. The molecule has 0 bridgehead atoms. The zero-order chi connectivity index (χ0) is 24.5. The first kappa shape index (κ1) is 22.8. The highest BCUT2D eigenvalue weighted by Gasteiger charge is 2.22. The van der Waals surface area contributed by atoms with Crippen LogP contribution in [-0.4, -0.2) is 43.2 Å². The molecule has 1 aliphatic rings. The van der Waals surface area contributed by atoms with Crippen LogP contribution in [0.4, 0.5) is 24.8 Å². The zero-order valence-electron chi connectivity index (χ0n) is 19.0. The molecule has 35 heavy (non-hydrogen) atoms. The molecule has 1 unspecified atom stereocenters. The highest BCUT2D eigenvalue weighted by molar-refractivity contribution is 5.69. The lowest BCUT2D eigenvalue weighted by Crippen LogP contribution is -2.18. The van der Waals surface area contributed by atoms with Crippen molar-refractivity contribution in [1.29, 1.82) is 0 Å². The molecular weight excluding hydrogens is 463 g/mol. The van der Waals surface area contributed by atoms with Gasteiger partial charge in [-0.05, 0) is 37.5 Å². The molecule has 3 aromatic heterocycles. The molecule has 182 valence electrons. The SMILES string of the molecule is COc1cc(F)ncc1-c1nc(Nc2ccc(-c3cn(C4CCCCO4)nc3F)c(F)c2)n(C)n1. The van der Waals surface area contributed by atoms with Crippen LogP contribution in [0.5, 0.6) is 5.75 Å². The van der Waals surface area contributed by atoms with Crippen LogP contribution >= 0.6 is 0 Å². The Morgan fingerprint density at radius 2 is 1.94 bits per heavy atom. The van der Waals surface area contributed by atoms with E-state index in [9.17, 15) is 13.2 Å². The van der Waals surface area contributed by atoms with Crippen molar-refractivity contribution >= 4 is 11.6 Å². The van der Waals surface area contributed by atoms with E-state index in [1.807, 2.05) is 0 Å². The molecule has 9 nitrogen and oxygen atoms in total. The van der Waals surface area contributed by atoms with Crippen LogP contribution in [0.1, 0.15) is 25.5 Å². The quantitative estimate of drug-likeness (QED) is 0.399. The van der Waals surface area contributed by atoms with E-state index in [1.165, 1.54) is 41.0 Å². The van der Waals surface area contributed by atoms with Crippen molar-refractivity contribution in [1.82, 2.24) is 29.5 Å². The van der Waals surface area contributed by atoms with Crippen LogP contribution < -0.4 is 10.1 Å². The Morgan fingerprint density at radius 3 is 2.69 bits per heavy atom. The molecule has 1 saturated heterocycles. The zero-order valence-corrected chi connectivity index (χ0v) is 19.0. The minimum Gasteiger partial charge on any atom is -0.496 e. The van der Waals surface area contributed by atoms with E-state index in [2.05, 4.69) is 25.5 Å². The van der Waals surface area contributed by atoms with Gasteiger partial charge in [-0.1, -0.05) is 0 Å². The lowest BCUT2D eigenvalue weighted by atomic mass is 10.1. The Kier molecular flexibility index (Phi) is 6.12. The van der Waals surface area contributed by atoms with Gasteiger partial charge in [0.05, 0.1) is 18.2 Å². The number of hydrogen-bond donors (Lipinski definition) is 1. The number of hydrogen-bond acceptors (Lipinski definition) is 7. The Morgan fingerprint density at radius 1 is 1.09 bits per heavy atom. The van der Waals surface area contributed by atoms with E-state index in [0.717, 1.165) is 25.3 Å². The topological polar surface area (TPSA) is 91.9 Å². The smallest absolute Gasteiger partial charge is 0.240 e. The summed E-state index contributed by atoms with van der Waals surface area (Å²) < 4.78 is 56.6. The summed E-state index contributed by atoms with van der Waals surface area (Å²) in [4.78, 5) is 8.01. The maximum absolute atomic E-state index is 15.0. The second-order valence-electron chi connectivity index (χ2n) is 8.04. The first-order valence-corrected chi connectivity index (χ1v) is 11.0. The third-order valence-corrected chi connectivity index (χ3v) is 5.71. The van der Waals surface area contributed by atoms with Gasteiger partial charge in [-0.3, -0.25) is 0 Å². The Hall–Kier alpha value is -3.93. The predicted octanol–water partition coefficient (Wildman–Crippen LogP) is 4.61. The van der Waals surface area contributed by atoms with Crippen LogP contribution in [0, 0.1) is 17.7 Å². The van der Waals surface area contributed by atoms with Crippen LogP contribution in [0.25, 0.3) is 22.5 Å². The van der Waals surface area contributed by atoms with Crippen LogP contribution in [0.2, 0.25) is 0 Å². The maximum atomic E-state index is 15.0. The molecular formula is C23H22F3N7O2. The molecule has 1 fully saturated rings. The molecule has 0 amide bonds. The minimum atomic E-state index is -0.765. The fraction of sp³-hybridized carbons (Fsp3) is 0.304. The van der Waals surface area contributed by atoms with Gasteiger partial charge in [0.25, 0.3) is 0 Å². The van der Waals surface area contributed by atoms with Gasteiger partial charge in [-0.15, -0.1) is 10.2 Å².